The third-order valence-corrected chi connectivity index (χ3v) is 5.44. The molecule has 3 fully saturated rings. The highest BCUT2D eigenvalue weighted by molar-refractivity contribution is 4.94. The van der Waals surface area contributed by atoms with Gasteiger partial charge in [-0.15, -0.1) is 0 Å². The van der Waals surface area contributed by atoms with Crippen LogP contribution in [0.15, 0.2) is 0 Å². The third-order valence-electron chi connectivity index (χ3n) is 5.44. The lowest BCUT2D eigenvalue weighted by Gasteiger charge is -2.47. The maximum Gasteiger partial charge on any atom is 0.00981 e. The minimum absolute atomic E-state index is 0.641. The molecule has 3 atom stereocenters. The van der Waals surface area contributed by atoms with E-state index in [9.17, 15) is 0 Å². The number of nitrogens with zero attached hydrogens (tertiary/aromatic N) is 1. The molecule has 0 aromatic heterocycles. The van der Waals surface area contributed by atoms with E-state index in [0.29, 0.717) is 5.41 Å². The van der Waals surface area contributed by atoms with Crippen molar-refractivity contribution in [1.82, 2.24) is 10.2 Å². The first-order chi connectivity index (χ1) is 8.27. The van der Waals surface area contributed by atoms with E-state index >= 15 is 0 Å². The highest BCUT2D eigenvalue weighted by atomic mass is 15.2. The van der Waals surface area contributed by atoms with Crippen LogP contribution in [-0.2, 0) is 0 Å². The zero-order valence-corrected chi connectivity index (χ0v) is 11.4. The Balaban J connectivity index is 1.62. The van der Waals surface area contributed by atoms with E-state index in [4.69, 9.17) is 0 Å². The van der Waals surface area contributed by atoms with Crippen LogP contribution in [0.1, 0.15) is 51.9 Å². The lowest BCUT2D eigenvalue weighted by atomic mass is 9.74. The van der Waals surface area contributed by atoms with Crippen molar-refractivity contribution >= 4 is 0 Å². The van der Waals surface area contributed by atoms with Crippen molar-refractivity contribution in [3.8, 4) is 0 Å². The standard InChI is InChI=1S/C15H28N2/c1-13-4-5-14(10-13)17-9-3-7-15(12-17)6-2-8-16-11-15/h13-14,16H,2-12H2,1H3. The van der Waals surface area contributed by atoms with Gasteiger partial charge in [0.25, 0.3) is 0 Å². The summed E-state index contributed by atoms with van der Waals surface area (Å²) in [7, 11) is 0. The van der Waals surface area contributed by atoms with Gasteiger partial charge in [-0.25, -0.2) is 0 Å². The monoisotopic (exact) mass is 236 g/mol. The van der Waals surface area contributed by atoms with Crippen LogP contribution in [0.25, 0.3) is 0 Å². The quantitative estimate of drug-likeness (QED) is 0.753. The minimum Gasteiger partial charge on any atom is -0.316 e. The molecule has 0 radical (unpaired) electrons. The Kier molecular flexibility index (Phi) is 3.45. The minimum atomic E-state index is 0.641. The van der Waals surface area contributed by atoms with Gasteiger partial charge >= 0.3 is 0 Å². The van der Waals surface area contributed by atoms with E-state index in [2.05, 4.69) is 17.1 Å². The Labute approximate surface area is 106 Å². The largest absolute Gasteiger partial charge is 0.316 e. The van der Waals surface area contributed by atoms with Crippen LogP contribution in [0, 0.1) is 11.3 Å². The molecule has 2 aliphatic heterocycles. The molecule has 0 aromatic rings. The zero-order chi connectivity index (χ0) is 11.7. The molecule has 1 aliphatic carbocycles. The van der Waals surface area contributed by atoms with Crippen LogP contribution in [0.5, 0.6) is 0 Å². The lowest BCUT2D eigenvalue weighted by molar-refractivity contribution is 0.0381. The highest BCUT2D eigenvalue weighted by Gasteiger charge is 2.39. The predicted octanol–water partition coefficient (Wildman–Crippen LogP) is 2.64. The predicted molar refractivity (Wildman–Crippen MR) is 72.1 cm³/mol. The van der Waals surface area contributed by atoms with Gasteiger partial charge in [-0.1, -0.05) is 6.92 Å². The average Bonchev–Trinajstić information content (AvgIpc) is 2.77. The molecular formula is C15H28N2. The van der Waals surface area contributed by atoms with E-state index in [0.717, 1.165) is 12.0 Å². The summed E-state index contributed by atoms with van der Waals surface area (Å²) in [6.45, 7) is 7.73. The summed E-state index contributed by atoms with van der Waals surface area (Å²) in [6, 6.07) is 0.920. The van der Waals surface area contributed by atoms with Gasteiger partial charge in [0, 0.05) is 19.1 Å². The maximum absolute atomic E-state index is 3.64. The van der Waals surface area contributed by atoms with E-state index in [1.807, 2.05) is 0 Å². The Bertz CT molecular complexity index is 252. The summed E-state index contributed by atoms with van der Waals surface area (Å²) in [6.07, 6.45) is 10.2. The van der Waals surface area contributed by atoms with Gasteiger partial charge in [-0.2, -0.15) is 0 Å². The molecule has 3 unspecified atom stereocenters. The fourth-order valence-corrected chi connectivity index (χ4v) is 4.45. The van der Waals surface area contributed by atoms with Gasteiger partial charge in [0.15, 0.2) is 0 Å². The SMILES string of the molecule is CC1CCC(N2CCCC3(CCCNC3)C2)C1. The first-order valence-electron chi connectivity index (χ1n) is 7.72. The van der Waals surface area contributed by atoms with Gasteiger partial charge in [-0.3, -0.25) is 4.90 Å². The second-order valence-electron chi connectivity index (χ2n) is 6.93. The number of hydrogen-bond donors (Lipinski definition) is 1. The van der Waals surface area contributed by atoms with Crippen LogP contribution < -0.4 is 5.32 Å². The van der Waals surface area contributed by atoms with Crippen molar-refractivity contribution in [3.63, 3.8) is 0 Å². The summed E-state index contributed by atoms with van der Waals surface area (Å²) in [5.41, 5.74) is 0.641. The molecule has 3 aliphatic rings. The summed E-state index contributed by atoms with van der Waals surface area (Å²) < 4.78 is 0. The smallest absolute Gasteiger partial charge is 0.00981 e. The highest BCUT2D eigenvalue weighted by Crippen LogP contribution is 2.39. The second-order valence-corrected chi connectivity index (χ2v) is 6.93. The number of piperidine rings is 2. The summed E-state index contributed by atoms with van der Waals surface area (Å²) in [4.78, 5) is 2.85. The van der Waals surface area contributed by atoms with Crippen LogP contribution in [0.2, 0.25) is 0 Å². The van der Waals surface area contributed by atoms with Crippen molar-refractivity contribution in [1.29, 1.82) is 0 Å². The van der Waals surface area contributed by atoms with Gasteiger partial charge in [-0.05, 0) is 69.4 Å². The first kappa shape index (κ1) is 12.0. The molecule has 2 heteroatoms. The van der Waals surface area contributed by atoms with E-state index in [-0.39, 0.29) is 0 Å². The number of hydrogen-bond acceptors (Lipinski definition) is 2. The van der Waals surface area contributed by atoms with Crippen molar-refractivity contribution in [2.24, 2.45) is 11.3 Å². The van der Waals surface area contributed by atoms with Crippen molar-refractivity contribution in [2.45, 2.75) is 57.9 Å². The molecule has 0 amide bonds. The van der Waals surface area contributed by atoms with E-state index < -0.39 is 0 Å². The van der Waals surface area contributed by atoms with Gasteiger partial charge < -0.3 is 5.32 Å². The zero-order valence-electron chi connectivity index (χ0n) is 11.4. The lowest BCUT2D eigenvalue weighted by Crippen LogP contribution is -2.53. The van der Waals surface area contributed by atoms with Gasteiger partial charge in [0.2, 0.25) is 0 Å². The van der Waals surface area contributed by atoms with Crippen molar-refractivity contribution in [3.05, 3.63) is 0 Å². The molecule has 1 N–H and O–H groups in total. The molecular weight excluding hydrogens is 208 g/mol. The molecule has 0 bridgehead atoms. The Hall–Kier alpha value is -0.0800. The Morgan fingerprint density at radius 3 is 2.76 bits per heavy atom. The molecule has 1 saturated carbocycles. The van der Waals surface area contributed by atoms with Crippen molar-refractivity contribution < 1.29 is 0 Å². The topological polar surface area (TPSA) is 15.3 Å². The Morgan fingerprint density at radius 2 is 2.06 bits per heavy atom. The molecule has 1 spiro atoms. The third kappa shape index (κ3) is 2.53. The van der Waals surface area contributed by atoms with E-state index in [1.54, 1.807) is 0 Å². The molecule has 2 saturated heterocycles. The first-order valence-corrected chi connectivity index (χ1v) is 7.72. The second kappa shape index (κ2) is 4.89. The van der Waals surface area contributed by atoms with Gasteiger partial charge in [0.1, 0.15) is 0 Å². The fourth-order valence-electron chi connectivity index (χ4n) is 4.45. The normalized spacial score (nSPS) is 44.3. The molecule has 98 valence electrons. The Morgan fingerprint density at radius 1 is 1.18 bits per heavy atom. The number of nitrogens with one attached hydrogen (secondary N) is 1. The number of rotatable bonds is 1. The summed E-state index contributed by atoms with van der Waals surface area (Å²) >= 11 is 0. The van der Waals surface area contributed by atoms with Crippen LogP contribution in [0.4, 0.5) is 0 Å². The van der Waals surface area contributed by atoms with Crippen LogP contribution in [-0.4, -0.2) is 37.1 Å². The summed E-state index contributed by atoms with van der Waals surface area (Å²) in [5.74, 6) is 0.974. The summed E-state index contributed by atoms with van der Waals surface area (Å²) in [5, 5.41) is 3.64. The van der Waals surface area contributed by atoms with Gasteiger partial charge in [0.05, 0.1) is 0 Å². The van der Waals surface area contributed by atoms with Crippen LogP contribution >= 0.6 is 0 Å². The molecule has 3 rings (SSSR count). The van der Waals surface area contributed by atoms with E-state index in [1.165, 1.54) is 71.1 Å². The number of likely N-dealkylation sites (tertiary alicyclic amines) is 1. The fraction of sp³-hybridized carbons (Fsp3) is 1.00. The molecule has 2 nitrogen and oxygen atoms in total. The molecule has 2 heterocycles. The molecule has 0 aromatic carbocycles. The van der Waals surface area contributed by atoms with Crippen LogP contribution in [0.3, 0.4) is 0 Å². The maximum atomic E-state index is 3.64. The average molecular weight is 236 g/mol. The molecule has 17 heavy (non-hydrogen) atoms. The van der Waals surface area contributed by atoms with Crippen molar-refractivity contribution in [2.75, 3.05) is 26.2 Å².